The van der Waals surface area contributed by atoms with Crippen LogP contribution in [0.4, 0.5) is 4.79 Å². The summed E-state index contributed by atoms with van der Waals surface area (Å²) in [7, 11) is 0. The number of urea groups is 1. The summed E-state index contributed by atoms with van der Waals surface area (Å²) < 4.78 is 0. The number of piperazine rings is 1. The van der Waals surface area contributed by atoms with Crippen LogP contribution in [0, 0.1) is 0 Å². The average Bonchev–Trinajstić information content (AvgIpc) is 3.14. The lowest BCUT2D eigenvalue weighted by atomic mass is 10.2. The van der Waals surface area contributed by atoms with Crippen molar-refractivity contribution in [2.24, 2.45) is 0 Å². The van der Waals surface area contributed by atoms with E-state index >= 15 is 0 Å². The number of hydrogen-bond acceptors (Lipinski definition) is 3. The Morgan fingerprint density at radius 3 is 2.21 bits per heavy atom. The maximum Gasteiger partial charge on any atom is 0.326 e. The number of hydrogen-bond donors (Lipinski definition) is 1. The van der Waals surface area contributed by atoms with Gasteiger partial charge in [-0.25, -0.2) is 9.59 Å². The molecular formula is C13H21N3O3. The molecule has 0 aromatic heterocycles. The minimum Gasteiger partial charge on any atom is -0.480 e. The topological polar surface area (TPSA) is 64.1 Å². The molecule has 1 atom stereocenters. The van der Waals surface area contributed by atoms with E-state index in [1.165, 1.54) is 17.7 Å². The van der Waals surface area contributed by atoms with Gasteiger partial charge in [-0.3, -0.25) is 4.90 Å². The standard InChI is InChI=1S/C13H21N3O3/c17-12(18)11-2-1-5-16(11)13(19)15-8-6-14(7-9-15)10-3-4-10/h10-11H,1-9H2,(H,17,18). The Morgan fingerprint density at radius 2 is 1.63 bits per heavy atom. The molecule has 0 spiro atoms. The van der Waals surface area contributed by atoms with Crippen molar-refractivity contribution in [2.75, 3.05) is 32.7 Å². The van der Waals surface area contributed by atoms with Crippen molar-refractivity contribution in [3.8, 4) is 0 Å². The van der Waals surface area contributed by atoms with Crippen molar-refractivity contribution >= 4 is 12.0 Å². The number of carboxylic acid groups (broad SMARTS) is 1. The fourth-order valence-electron chi connectivity index (χ4n) is 3.15. The lowest BCUT2D eigenvalue weighted by Crippen LogP contribution is -2.55. The van der Waals surface area contributed by atoms with Gasteiger partial charge in [-0.1, -0.05) is 0 Å². The molecule has 0 aromatic rings. The quantitative estimate of drug-likeness (QED) is 0.788. The van der Waals surface area contributed by atoms with E-state index in [4.69, 9.17) is 5.11 Å². The van der Waals surface area contributed by atoms with Crippen molar-refractivity contribution in [2.45, 2.75) is 37.8 Å². The van der Waals surface area contributed by atoms with Crippen molar-refractivity contribution in [1.82, 2.24) is 14.7 Å². The van der Waals surface area contributed by atoms with Crippen LogP contribution in [0.5, 0.6) is 0 Å². The lowest BCUT2D eigenvalue weighted by molar-refractivity contribution is -0.141. The predicted molar refractivity (Wildman–Crippen MR) is 68.9 cm³/mol. The number of carbonyl (C=O) groups is 2. The molecule has 1 aliphatic carbocycles. The first kappa shape index (κ1) is 12.7. The minimum atomic E-state index is -0.873. The molecule has 1 N–H and O–H groups in total. The highest BCUT2D eigenvalue weighted by Gasteiger charge is 2.38. The fourth-order valence-corrected chi connectivity index (χ4v) is 3.15. The van der Waals surface area contributed by atoms with E-state index in [1.807, 2.05) is 4.90 Å². The first-order chi connectivity index (χ1) is 9.16. The van der Waals surface area contributed by atoms with Gasteiger partial charge in [0.05, 0.1) is 0 Å². The van der Waals surface area contributed by atoms with Crippen LogP contribution < -0.4 is 0 Å². The second kappa shape index (κ2) is 5.00. The molecule has 3 rings (SSSR count). The van der Waals surface area contributed by atoms with Crippen LogP contribution in [-0.2, 0) is 4.79 Å². The van der Waals surface area contributed by atoms with Gasteiger partial charge in [-0.15, -0.1) is 0 Å². The molecule has 0 bridgehead atoms. The maximum atomic E-state index is 12.4. The molecular weight excluding hydrogens is 246 g/mol. The van der Waals surface area contributed by atoms with Gasteiger partial charge in [0.15, 0.2) is 0 Å². The Bertz CT molecular complexity index is 375. The largest absolute Gasteiger partial charge is 0.480 e. The number of amides is 2. The molecule has 3 fully saturated rings. The van der Waals surface area contributed by atoms with Gasteiger partial charge >= 0.3 is 12.0 Å². The van der Waals surface area contributed by atoms with E-state index < -0.39 is 12.0 Å². The normalized spacial score (nSPS) is 28.7. The number of carbonyl (C=O) groups excluding carboxylic acids is 1. The summed E-state index contributed by atoms with van der Waals surface area (Å²) in [5.41, 5.74) is 0. The fraction of sp³-hybridized carbons (Fsp3) is 0.846. The highest BCUT2D eigenvalue weighted by molar-refractivity contribution is 5.83. The minimum absolute atomic E-state index is 0.0830. The molecule has 6 nitrogen and oxygen atoms in total. The number of nitrogens with zero attached hydrogens (tertiary/aromatic N) is 3. The molecule has 6 heteroatoms. The molecule has 0 aromatic carbocycles. The van der Waals surface area contributed by atoms with Gasteiger partial charge in [-0.2, -0.15) is 0 Å². The van der Waals surface area contributed by atoms with Gasteiger partial charge in [-0.05, 0) is 25.7 Å². The molecule has 1 unspecified atom stereocenters. The third kappa shape index (κ3) is 2.54. The highest BCUT2D eigenvalue weighted by Crippen LogP contribution is 2.28. The Kier molecular flexibility index (Phi) is 3.35. The number of rotatable bonds is 2. The summed E-state index contributed by atoms with van der Waals surface area (Å²) in [5, 5.41) is 9.13. The SMILES string of the molecule is O=C(O)C1CCCN1C(=O)N1CCN(C2CC2)CC1. The number of likely N-dealkylation sites (tertiary alicyclic amines) is 1. The molecule has 2 amide bonds. The third-order valence-corrected chi connectivity index (χ3v) is 4.43. The van der Waals surface area contributed by atoms with Crippen LogP contribution >= 0.6 is 0 Å². The van der Waals surface area contributed by atoms with Gasteiger partial charge in [0.2, 0.25) is 0 Å². The first-order valence-electron chi connectivity index (χ1n) is 7.19. The van der Waals surface area contributed by atoms with E-state index in [0.717, 1.165) is 38.6 Å². The molecule has 19 heavy (non-hydrogen) atoms. The Hall–Kier alpha value is -1.30. The van der Waals surface area contributed by atoms with Gasteiger partial charge in [0, 0.05) is 38.8 Å². The average molecular weight is 267 g/mol. The first-order valence-corrected chi connectivity index (χ1v) is 7.19. The smallest absolute Gasteiger partial charge is 0.326 e. The second-order valence-electron chi connectivity index (χ2n) is 5.73. The zero-order chi connectivity index (χ0) is 13.4. The maximum absolute atomic E-state index is 12.4. The van der Waals surface area contributed by atoms with Gasteiger partial charge < -0.3 is 14.9 Å². The van der Waals surface area contributed by atoms with Crippen molar-refractivity contribution in [1.29, 1.82) is 0 Å². The van der Waals surface area contributed by atoms with Gasteiger partial charge in [0.25, 0.3) is 0 Å². The van der Waals surface area contributed by atoms with E-state index in [0.29, 0.717) is 13.0 Å². The van der Waals surface area contributed by atoms with Crippen LogP contribution in [0.25, 0.3) is 0 Å². The second-order valence-corrected chi connectivity index (χ2v) is 5.73. The molecule has 2 saturated heterocycles. The van der Waals surface area contributed by atoms with Crippen LogP contribution in [0.3, 0.4) is 0 Å². The van der Waals surface area contributed by atoms with Gasteiger partial charge in [0.1, 0.15) is 6.04 Å². The zero-order valence-corrected chi connectivity index (χ0v) is 11.1. The van der Waals surface area contributed by atoms with E-state index in [-0.39, 0.29) is 6.03 Å². The van der Waals surface area contributed by atoms with Crippen LogP contribution in [0.1, 0.15) is 25.7 Å². The number of aliphatic carboxylic acids is 1. The Balaban J connectivity index is 1.56. The highest BCUT2D eigenvalue weighted by atomic mass is 16.4. The van der Waals surface area contributed by atoms with Crippen molar-refractivity contribution in [3.05, 3.63) is 0 Å². The van der Waals surface area contributed by atoms with E-state index in [1.54, 1.807) is 0 Å². The lowest BCUT2D eigenvalue weighted by Gasteiger charge is -2.37. The Labute approximate surface area is 112 Å². The van der Waals surface area contributed by atoms with Crippen LogP contribution in [0.15, 0.2) is 0 Å². The monoisotopic (exact) mass is 267 g/mol. The van der Waals surface area contributed by atoms with Crippen molar-refractivity contribution in [3.63, 3.8) is 0 Å². The molecule has 0 radical (unpaired) electrons. The van der Waals surface area contributed by atoms with Crippen molar-refractivity contribution < 1.29 is 14.7 Å². The molecule has 3 aliphatic rings. The summed E-state index contributed by atoms with van der Waals surface area (Å²) in [6, 6.07) is 0.0464. The molecule has 2 heterocycles. The molecule has 1 saturated carbocycles. The van der Waals surface area contributed by atoms with Crippen LogP contribution in [0.2, 0.25) is 0 Å². The van der Waals surface area contributed by atoms with E-state index in [2.05, 4.69) is 4.90 Å². The summed E-state index contributed by atoms with van der Waals surface area (Å²) >= 11 is 0. The molecule has 2 aliphatic heterocycles. The summed E-state index contributed by atoms with van der Waals surface area (Å²) in [6.07, 6.45) is 3.97. The summed E-state index contributed by atoms with van der Waals surface area (Å²) in [5.74, 6) is -0.873. The van der Waals surface area contributed by atoms with E-state index in [9.17, 15) is 9.59 Å². The predicted octanol–water partition coefficient (Wildman–Crippen LogP) is 0.435. The molecule has 106 valence electrons. The van der Waals surface area contributed by atoms with Crippen LogP contribution in [-0.4, -0.2) is 76.6 Å². The third-order valence-electron chi connectivity index (χ3n) is 4.43. The summed E-state index contributed by atoms with van der Waals surface area (Å²) in [6.45, 7) is 3.92. The Morgan fingerprint density at radius 1 is 0.947 bits per heavy atom. The zero-order valence-electron chi connectivity index (χ0n) is 11.1. The number of carboxylic acids is 1. The summed E-state index contributed by atoms with van der Waals surface area (Å²) in [4.78, 5) is 29.3.